The van der Waals surface area contributed by atoms with E-state index < -0.39 is 11.7 Å². The third-order valence-electron chi connectivity index (χ3n) is 7.48. The number of aromatic nitrogens is 2. The summed E-state index contributed by atoms with van der Waals surface area (Å²) >= 11 is 0. The van der Waals surface area contributed by atoms with Gasteiger partial charge in [-0.3, -0.25) is 4.79 Å². The fourth-order valence-corrected chi connectivity index (χ4v) is 5.42. The highest BCUT2D eigenvalue weighted by Gasteiger charge is 2.36. The molecule has 5 rings (SSSR count). The summed E-state index contributed by atoms with van der Waals surface area (Å²) in [7, 11) is 0. The highest BCUT2D eigenvalue weighted by molar-refractivity contribution is 5.96. The van der Waals surface area contributed by atoms with Crippen LogP contribution in [0, 0.1) is 6.92 Å². The molecule has 1 amide bonds. The molecular weight excluding hydrogens is 515 g/mol. The van der Waals surface area contributed by atoms with Crippen LogP contribution < -0.4 is 9.64 Å². The average molecular weight is 550 g/mol. The number of nitrogens with zero attached hydrogens (tertiary/aromatic N) is 3. The van der Waals surface area contributed by atoms with Crippen LogP contribution in [0.1, 0.15) is 67.5 Å². The van der Waals surface area contributed by atoms with E-state index in [-0.39, 0.29) is 30.5 Å². The van der Waals surface area contributed by atoms with Crippen molar-refractivity contribution in [3.8, 4) is 5.75 Å². The maximum absolute atomic E-state index is 13.3. The molecule has 0 bridgehead atoms. The van der Waals surface area contributed by atoms with Crippen molar-refractivity contribution >= 4 is 22.6 Å². The molecule has 0 radical (unpaired) electrons. The first-order chi connectivity index (χ1) is 19.1. The van der Waals surface area contributed by atoms with Crippen molar-refractivity contribution in [2.45, 2.75) is 64.6 Å². The van der Waals surface area contributed by atoms with Gasteiger partial charge in [0, 0.05) is 31.1 Å². The number of halogens is 3. The zero-order valence-corrected chi connectivity index (χ0v) is 23.0. The summed E-state index contributed by atoms with van der Waals surface area (Å²) in [5.41, 5.74) is 3.70. The van der Waals surface area contributed by atoms with Gasteiger partial charge in [-0.1, -0.05) is 44.2 Å². The van der Waals surface area contributed by atoms with E-state index in [0.29, 0.717) is 19.1 Å². The molecule has 3 aromatic carbocycles. The Kier molecular flexibility index (Phi) is 7.88. The topological polar surface area (TPSA) is 47.4 Å². The van der Waals surface area contributed by atoms with Crippen LogP contribution in [-0.4, -0.2) is 28.6 Å². The second-order valence-electron chi connectivity index (χ2n) is 10.8. The Labute approximate surface area is 232 Å². The van der Waals surface area contributed by atoms with Crippen molar-refractivity contribution in [1.29, 1.82) is 0 Å². The standard InChI is InChI=1S/C32H34F3N3O2/c1-21(2)26-14-13-22(3)17-29(26)40-16-7-6-15-37-28-12-5-4-11-27(28)36-31(37)23-18-30(39)38(20-23)25-10-8-9-24(19-25)32(33,34)35/h4-5,8-14,17,19,21,23H,6-7,15-16,18,20H2,1-3H3. The lowest BCUT2D eigenvalue weighted by Gasteiger charge is -2.19. The third-order valence-corrected chi connectivity index (χ3v) is 7.48. The van der Waals surface area contributed by atoms with E-state index in [1.54, 1.807) is 6.07 Å². The maximum Gasteiger partial charge on any atom is 0.416 e. The lowest BCUT2D eigenvalue weighted by molar-refractivity contribution is -0.137. The van der Waals surface area contributed by atoms with Crippen LogP contribution in [0.2, 0.25) is 0 Å². The number of unbranched alkanes of at least 4 members (excludes halogenated alkanes) is 1. The minimum Gasteiger partial charge on any atom is -0.493 e. The van der Waals surface area contributed by atoms with Crippen LogP contribution in [0.5, 0.6) is 5.75 Å². The molecule has 1 aromatic heterocycles. The molecule has 4 aromatic rings. The first-order valence-corrected chi connectivity index (χ1v) is 13.8. The van der Waals surface area contributed by atoms with Gasteiger partial charge in [0.15, 0.2) is 0 Å². The minimum atomic E-state index is -4.47. The van der Waals surface area contributed by atoms with E-state index in [1.165, 1.54) is 22.1 Å². The first kappa shape index (κ1) is 27.7. The van der Waals surface area contributed by atoms with E-state index in [1.807, 2.05) is 24.3 Å². The smallest absolute Gasteiger partial charge is 0.416 e. The molecule has 1 atom stereocenters. The number of alkyl halides is 3. The molecular formula is C32H34F3N3O2. The molecule has 5 nitrogen and oxygen atoms in total. The van der Waals surface area contributed by atoms with Crippen molar-refractivity contribution in [2.75, 3.05) is 18.1 Å². The second-order valence-corrected chi connectivity index (χ2v) is 10.8. The van der Waals surface area contributed by atoms with E-state index in [4.69, 9.17) is 9.72 Å². The zero-order valence-electron chi connectivity index (χ0n) is 23.0. The normalized spacial score (nSPS) is 15.9. The second kappa shape index (κ2) is 11.4. The molecule has 1 saturated heterocycles. The molecule has 0 saturated carbocycles. The van der Waals surface area contributed by atoms with Gasteiger partial charge in [0.2, 0.25) is 5.91 Å². The van der Waals surface area contributed by atoms with Gasteiger partial charge < -0.3 is 14.2 Å². The Balaban J connectivity index is 1.30. The van der Waals surface area contributed by atoms with E-state index in [0.717, 1.165) is 47.6 Å². The van der Waals surface area contributed by atoms with E-state index in [2.05, 4.69) is 43.5 Å². The van der Waals surface area contributed by atoms with Crippen molar-refractivity contribution < 1.29 is 22.7 Å². The van der Waals surface area contributed by atoms with Crippen molar-refractivity contribution in [2.24, 2.45) is 0 Å². The Morgan fingerprint density at radius 3 is 2.60 bits per heavy atom. The summed E-state index contributed by atoms with van der Waals surface area (Å²) in [5, 5.41) is 0. The zero-order chi connectivity index (χ0) is 28.4. The number of benzene rings is 3. The van der Waals surface area contributed by atoms with Crippen molar-refractivity contribution in [1.82, 2.24) is 9.55 Å². The quantitative estimate of drug-likeness (QED) is 0.200. The Morgan fingerprint density at radius 2 is 1.82 bits per heavy atom. The largest absolute Gasteiger partial charge is 0.493 e. The monoisotopic (exact) mass is 549 g/mol. The fraction of sp³-hybridized carbons (Fsp3) is 0.375. The van der Waals surface area contributed by atoms with Crippen LogP contribution in [0.15, 0.2) is 66.7 Å². The predicted molar refractivity (Wildman–Crippen MR) is 151 cm³/mol. The number of rotatable bonds is 9. The summed E-state index contributed by atoms with van der Waals surface area (Å²) in [6, 6.07) is 19.2. The number of para-hydroxylation sites is 2. The van der Waals surface area contributed by atoms with Crippen LogP contribution in [0.25, 0.3) is 11.0 Å². The minimum absolute atomic E-state index is 0.199. The number of hydrogen-bond donors (Lipinski definition) is 0. The highest BCUT2D eigenvalue weighted by Crippen LogP contribution is 2.36. The molecule has 1 aliphatic heterocycles. The first-order valence-electron chi connectivity index (χ1n) is 13.8. The number of fused-ring (bicyclic) bond motifs is 1. The van der Waals surface area contributed by atoms with Gasteiger partial charge in [-0.15, -0.1) is 0 Å². The number of amides is 1. The fourth-order valence-electron chi connectivity index (χ4n) is 5.42. The Hall–Kier alpha value is -3.81. The molecule has 40 heavy (non-hydrogen) atoms. The number of ether oxygens (including phenoxy) is 1. The number of hydrogen-bond acceptors (Lipinski definition) is 3. The van der Waals surface area contributed by atoms with E-state index >= 15 is 0 Å². The van der Waals surface area contributed by atoms with Crippen molar-refractivity contribution in [3.63, 3.8) is 0 Å². The van der Waals surface area contributed by atoms with Gasteiger partial charge in [0.25, 0.3) is 0 Å². The van der Waals surface area contributed by atoms with Gasteiger partial charge in [-0.25, -0.2) is 4.98 Å². The number of imidazole rings is 1. The average Bonchev–Trinajstić information content (AvgIpc) is 3.48. The third kappa shape index (κ3) is 5.86. The van der Waals surface area contributed by atoms with Crippen molar-refractivity contribution in [3.05, 3.63) is 89.2 Å². The molecule has 8 heteroatoms. The molecule has 0 N–H and O–H groups in total. The van der Waals surface area contributed by atoms with Gasteiger partial charge in [0.1, 0.15) is 11.6 Å². The summed E-state index contributed by atoms with van der Waals surface area (Å²) in [5.74, 6) is 1.69. The Morgan fingerprint density at radius 1 is 1.02 bits per heavy atom. The number of anilines is 1. The molecule has 1 fully saturated rings. The lowest BCUT2D eigenvalue weighted by Crippen LogP contribution is -2.25. The predicted octanol–water partition coefficient (Wildman–Crippen LogP) is 7.87. The maximum atomic E-state index is 13.3. The van der Waals surface area contributed by atoms with Crippen LogP contribution in [0.4, 0.5) is 18.9 Å². The molecule has 210 valence electrons. The summed E-state index contributed by atoms with van der Waals surface area (Å²) < 4.78 is 48.2. The number of carbonyl (C=O) groups is 1. The van der Waals surface area contributed by atoms with E-state index in [9.17, 15) is 18.0 Å². The van der Waals surface area contributed by atoms with Crippen LogP contribution in [0.3, 0.4) is 0 Å². The summed E-state index contributed by atoms with van der Waals surface area (Å²) in [4.78, 5) is 19.3. The Bertz CT molecular complexity index is 1510. The van der Waals surface area contributed by atoms with Crippen LogP contribution in [-0.2, 0) is 17.5 Å². The molecule has 1 aliphatic rings. The molecule has 0 spiro atoms. The van der Waals surface area contributed by atoms with Gasteiger partial charge in [-0.2, -0.15) is 13.2 Å². The molecule has 2 heterocycles. The van der Waals surface area contributed by atoms with Crippen LogP contribution >= 0.6 is 0 Å². The molecule has 0 aliphatic carbocycles. The van der Waals surface area contributed by atoms with Gasteiger partial charge in [-0.05, 0) is 73.2 Å². The van der Waals surface area contributed by atoms with Gasteiger partial charge >= 0.3 is 6.18 Å². The molecule has 1 unspecified atom stereocenters. The number of carbonyl (C=O) groups excluding carboxylic acids is 1. The summed E-state index contributed by atoms with van der Waals surface area (Å²) in [6.07, 6.45) is -2.56. The SMILES string of the molecule is Cc1ccc(C(C)C)c(OCCCCn2c(C3CC(=O)N(c4cccc(C(F)(F)F)c4)C3)nc3ccccc32)c1. The summed E-state index contributed by atoms with van der Waals surface area (Å²) in [6.45, 7) is 7.97. The number of aryl methyl sites for hydroxylation is 2. The lowest BCUT2D eigenvalue weighted by atomic mass is 10.0. The highest BCUT2D eigenvalue weighted by atomic mass is 19.4. The van der Waals surface area contributed by atoms with Gasteiger partial charge in [0.05, 0.1) is 23.2 Å².